The molecule has 10 aromatic rings. The predicted octanol–water partition coefficient (Wildman–Crippen LogP) is 13.5. The Morgan fingerprint density at radius 3 is 1.43 bits per heavy atom. The van der Waals surface area contributed by atoms with E-state index in [2.05, 4.69) is 223 Å². The largest absolute Gasteiger partial charge is 0.309 e. The van der Waals surface area contributed by atoms with Crippen molar-refractivity contribution in [1.82, 2.24) is 9.55 Å². The molecule has 1 aliphatic rings. The molecule has 2 heterocycles. The molecule has 0 saturated carbocycles. The summed E-state index contributed by atoms with van der Waals surface area (Å²) in [5.74, 6) is 0. The van der Waals surface area contributed by atoms with Crippen LogP contribution in [0.2, 0.25) is 0 Å². The van der Waals surface area contributed by atoms with Crippen molar-refractivity contribution in [3.8, 4) is 50.5 Å². The Morgan fingerprint density at radius 2 is 0.839 bits per heavy atom. The van der Waals surface area contributed by atoms with Crippen molar-refractivity contribution in [2.24, 2.45) is 0 Å². The van der Waals surface area contributed by atoms with Gasteiger partial charge in [-0.1, -0.05) is 182 Å². The van der Waals surface area contributed by atoms with Crippen molar-refractivity contribution in [2.45, 2.75) is 5.41 Å². The van der Waals surface area contributed by atoms with Crippen molar-refractivity contribution in [3.63, 3.8) is 0 Å². The number of nitrogens with zero attached hydrogens (tertiary/aromatic N) is 2. The van der Waals surface area contributed by atoms with E-state index in [0.29, 0.717) is 0 Å². The summed E-state index contributed by atoms with van der Waals surface area (Å²) in [6, 6.07) is 79.4. The number of hydrogen-bond acceptors (Lipinski definition) is 1. The third-order valence-electron chi connectivity index (χ3n) is 11.7. The van der Waals surface area contributed by atoms with Crippen molar-refractivity contribution >= 4 is 21.8 Å². The quantitative estimate of drug-likeness (QED) is 0.168. The van der Waals surface area contributed by atoms with Gasteiger partial charge in [-0.25, -0.2) is 4.98 Å². The van der Waals surface area contributed by atoms with E-state index in [9.17, 15) is 0 Å². The Balaban J connectivity index is 1.25. The molecule has 0 bridgehead atoms. The van der Waals surface area contributed by atoms with Gasteiger partial charge < -0.3 is 4.57 Å². The normalized spacial score (nSPS) is 12.8. The molecule has 56 heavy (non-hydrogen) atoms. The molecule has 262 valence electrons. The van der Waals surface area contributed by atoms with Crippen molar-refractivity contribution in [1.29, 1.82) is 0 Å². The Hall–Kier alpha value is -7.29. The Bertz CT molecular complexity index is 2940. The van der Waals surface area contributed by atoms with E-state index in [0.717, 1.165) is 28.2 Å². The molecule has 0 radical (unpaired) electrons. The van der Waals surface area contributed by atoms with Gasteiger partial charge in [0.25, 0.3) is 0 Å². The summed E-state index contributed by atoms with van der Waals surface area (Å²) in [5.41, 5.74) is 17.0. The highest BCUT2D eigenvalue weighted by atomic mass is 15.0. The summed E-state index contributed by atoms with van der Waals surface area (Å²) in [6.45, 7) is 0. The van der Waals surface area contributed by atoms with E-state index in [1.807, 2.05) is 0 Å². The molecule has 0 saturated heterocycles. The first-order chi connectivity index (χ1) is 27.8. The average Bonchev–Trinajstić information content (AvgIpc) is 3.76. The molecule has 2 nitrogen and oxygen atoms in total. The fraction of sp³-hybridized carbons (Fsp3) is 0.0185. The Morgan fingerprint density at radius 1 is 0.339 bits per heavy atom. The summed E-state index contributed by atoms with van der Waals surface area (Å²) in [5, 5.41) is 2.45. The summed E-state index contributed by atoms with van der Waals surface area (Å²) in [4.78, 5) is 5.24. The first-order valence-electron chi connectivity index (χ1n) is 19.3. The van der Waals surface area contributed by atoms with Crippen LogP contribution in [0, 0.1) is 0 Å². The van der Waals surface area contributed by atoms with Crippen molar-refractivity contribution < 1.29 is 0 Å². The molecule has 0 amide bonds. The highest BCUT2D eigenvalue weighted by molar-refractivity contribution is 6.12. The van der Waals surface area contributed by atoms with Gasteiger partial charge in [0.05, 0.1) is 33.5 Å². The van der Waals surface area contributed by atoms with Crippen LogP contribution >= 0.6 is 0 Å². The SMILES string of the molecule is c1ccc(-c2ccc3c(c2)C(c2ccccc2)(c2ccccc2)c2cc4c5ccccc5n(-c5cc(-c6ccccc6)nc(-c6ccccc6)c5)c4cc2-3)cc1. The standard InChI is InChI=1S/C54H36N2/c1-6-18-37(19-7-1)40-30-31-44-46-36-53-47(35-49(46)54(48(44)32-40,41-24-12-4-13-25-41)42-26-14-5-15-27-42)45-28-16-17-29-52(45)56(53)43-33-50(38-20-8-2-9-21-38)55-51(34-43)39-22-10-3-11-23-39/h1-36H. The second-order valence-electron chi connectivity index (χ2n) is 14.7. The molecule has 11 rings (SSSR count). The van der Waals surface area contributed by atoms with Gasteiger partial charge in [0.2, 0.25) is 0 Å². The van der Waals surface area contributed by atoms with Crippen LogP contribution in [0.25, 0.3) is 72.3 Å². The van der Waals surface area contributed by atoms with Crippen LogP contribution in [0.15, 0.2) is 218 Å². The summed E-state index contributed by atoms with van der Waals surface area (Å²) < 4.78 is 2.45. The lowest BCUT2D eigenvalue weighted by atomic mass is 9.67. The van der Waals surface area contributed by atoms with E-state index in [-0.39, 0.29) is 0 Å². The number of benzene rings is 8. The first kappa shape index (κ1) is 32.2. The van der Waals surface area contributed by atoms with E-state index in [1.54, 1.807) is 0 Å². The predicted molar refractivity (Wildman–Crippen MR) is 232 cm³/mol. The number of aromatic nitrogens is 2. The molecule has 0 N–H and O–H groups in total. The zero-order chi connectivity index (χ0) is 37.1. The lowest BCUT2D eigenvalue weighted by Gasteiger charge is -2.34. The van der Waals surface area contributed by atoms with Crippen LogP contribution in [0.1, 0.15) is 22.3 Å². The molecular weight excluding hydrogens is 677 g/mol. The maximum atomic E-state index is 5.24. The minimum atomic E-state index is -0.535. The maximum absolute atomic E-state index is 5.24. The number of rotatable bonds is 6. The average molecular weight is 713 g/mol. The molecule has 0 unspecified atom stereocenters. The van der Waals surface area contributed by atoms with Gasteiger partial charge in [0.1, 0.15) is 0 Å². The monoisotopic (exact) mass is 712 g/mol. The summed E-state index contributed by atoms with van der Waals surface area (Å²) in [7, 11) is 0. The number of para-hydroxylation sites is 1. The van der Waals surface area contributed by atoms with Gasteiger partial charge in [-0.05, 0) is 80.9 Å². The van der Waals surface area contributed by atoms with Gasteiger partial charge in [-0.15, -0.1) is 0 Å². The van der Waals surface area contributed by atoms with Crippen molar-refractivity contribution in [3.05, 3.63) is 241 Å². The fourth-order valence-electron chi connectivity index (χ4n) is 9.19. The lowest BCUT2D eigenvalue weighted by Crippen LogP contribution is -2.28. The maximum Gasteiger partial charge on any atom is 0.0730 e. The lowest BCUT2D eigenvalue weighted by molar-refractivity contribution is 0.770. The zero-order valence-electron chi connectivity index (χ0n) is 30.7. The van der Waals surface area contributed by atoms with E-state index in [1.165, 1.54) is 66.3 Å². The van der Waals surface area contributed by atoms with E-state index < -0.39 is 5.41 Å². The minimum Gasteiger partial charge on any atom is -0.309 e. The molecule has 1 aliphatic carbocycles. The molecule has 2 heteroatoms. The van der Waals surface area contributed by atoms with Crippen molar-refractivity contribution in [2.75, 3.05) is 0 Å². The molecule has 0 spiro atoms. The van der Waals surface area contributed by atoms with Gasteiger partial charge in [0.15, 0.2) is 0 Å². The second-order valence-corrected chi connectivity index (χ2v) is 14.7. The molecular formula is C54H36N2. The number of fused-ring (bicyclic) bond motifs is 6. The molecule has 0 atom stereocenters. The molecule has 8 aromatic carbocycles. The van der Waals surface area contributed by atoms with Gasteiger partial charge in [-0.3, -0.25) is 0 Å². The zero-order valence-corrected chi connectivity index (χ0v) is 30.7. The van der Waals surface area contributed by atoms with Crippen LogP contribution in [0.3, 0.4) is 0 Å². The smallest absolute Gasteiger partial charge is 0.0730 e. The molecule has 0 fully saturated rings. The number of pyridine rings is 1. The minimum absolute atomic E-state index is 0.535. The number of hydrogen-bond donors (Lipinski definition) is 0. The summed E-state index contributed by atoms with van der Waals surface area (Å²) >= 11 is 0. The molecule has 0 aliphatic heterocycles. The highest BCUT2D eigenvalue weighted by Crippen LogP contribution is 2.58. The third-order valence-corrected chi connectivity index (χ3v) is 11.7. The summed E-state index contributed by atoms with van der Waals surface area (Å²) in [6.07, 6.45) is 0. The van der Waals surface area contributed by atoms with Gasteiger partial charge in [0, 0.05) is 21.9 Å². The van der Waals surface area contributed by atoms with Crippen LogP contribution in [-0.4, -0.2) is 9.55 Å². The first-order valence-corrected chi connectivity index (χ1v) is 19.3. The highest BCUT2D eigenvalue weighted by Gasteiger charge is 2.46. The second kappa shape index (κ2) is 12.9. The van der Waals surface area contributed by atoms with Gasteiger partial charge >= 0.3 is 0 Å². The van der Waals surface area contributed by atoms with E-state index in [4.69, 9.17) is 4.98 Å². The molecule has 2 aromatic heterocycles. The van der Waals surface area contributed by atoms with Crippen LogP contribution < -0.4 is 0 Å². The van der Waals surface area contributed by atoms with Crippen LogP contribution in [-0.2, 0) is 5.41 Å². The van der Waals surface area contributed by atoms with Gasteiger partial charge in [-0.2, -0.15) is 0 Å². The fourth-order valence-corrected chi connectivity index (χ4v) is 9.19. The Kier molecular flexibility index (Phi) is 7.43. The van der Waals surface area contributed by atoms with Crippen LogP contribution in [0.4, 0.5) is 0 Å². The topological polar surface area (TPSA) is 17.8 Å². The van der Waals surface area contributed by atoms with E-state index >= 15 is 0 Å². The Labute approximate surface area is 326 Å². The van der Waals surface area contributed by atoms with Crippen LogP contribution in [0.5, 0.6) is 0 Å². The third kappa shape index (κ3) is 4.93.